The topological polar surface area (TPSA) is 84.0 Å². The molecule has 1 aliphatic carbocycles. The fourth-order valence-corrected chi connectivity index (χ4v) is 2.81. The number of aromatic nitrogens is 2. The standard InChI is InChI=1S/C18H20N4O2S/c1-2-12-3-7-14(8-4-12)19-16(23)11-25-17-10-9-15(21-22-17)20-18(24)13-5-6-13/h3-4,7-10,13H,2,5-6,11H2,1H3,(H,19,23)(H,20,21,24). The van der Waals surface area contributed by atoms with Crippen LogP contribution >= 0.6 is 11.8 Å². The monoisotopic (exact) mass is 356 g/mol. The van der Waals surface area contributed by atoms with Gasteiger partial charge < -0.3 is 10.6 Å². The zero-order valence-electron chi connectivity index (χ0n) is 14.0. The number of thioether (sulfide) groups is 1. The summed E-state index contributed by atoms with van der Waals surface area (Å²) in [6, 6.07) is 11.3. The Balaban J connectivity index is 1.45. The molecule has 1 heterocycles. The van der Waals surface area contributed by atoms with E-state index in [0.717, 1.165) is 24.9 Å². The second-order valence-electron chi connectivity index (χ2n) is 5.91. The first-order chi connectivity index (χ1) is 12.1. The molecule has 0 atom stereocenters. The van der Waals surface area contributed by atoms with Crippen LogP contribution in [-0.4, -0.2) is 27.8 Å². The molecular weight excluding hydrogens is 336 g/mol. The molecule has 1 saturated carbocycles. The lowest BCUT2D eigenvalue weighted by atomic mass is 10.1. The van der Waals surface area contributed by atoms with Crippen LogP contribution in [0.1, 0.15) is 25.3 Å². The number of aryl methyl sites for hydroxylation is 1. The summed E-state index contributed by atoms with van der Waals surface area (Å²) in [5, 5.41) is 14.2. The Bertz CT molecular complexity index is 743. The van der Waals surface area contributed by atoms with Gasteiger partial charge in [-0.2, -0.15) is 0 Å². The van der Waals surface area contributed by atoms with E-state index in [9.17, 15) is 9.59 Å². The Morgan fingerprint density at radius 1 is 1.08 bits per heavy atom. The first-order valence-electron chi connectivity index (χ1n) is 8.30. The van der Waals surface area contributed by atoms with E-state index in [1.165, 1.54) is 17.3 Å². The second-order valence-corrected chi connectivity index (χ2v) is 6.90. The van der Waals surface area contributed by atoms with E-state index in [-0.39, 0.29) is 23.5 Å². The van der Waals surface area contributed by atoms with E-state index >= 15 is 0 Å². The molecule has 1 aromatic carbocycles. The van der Waals surface area contributed by atoms with Gasteiger partial charge in [0.2, 0.25) is 11.8 Å². The number of carbonyl (C=O) groups is 2. The minimum absolute atomic E-state index is 0.00294. The fourth-order valence-electron chi connectivity index (χ4n) is 2.20. The van der Waals surface area contributed by atoms with Crippen LogP contribution in [0.15, 0.2) is 41.4 Å². The van der Waals surface area contributed by atoms with Crippen LogP contribution in [0.2, 0.25) is 0 Å². The van der Waals surface area contributed by atoms with Crippen LogP contribution in [0.3, 0.4) is 0 Å². The number of anilines is 2. The van der Waals surface area contributed by atoms with Crippen molar-refractivity contribution in [3.8, 4) is 0 Å². The van der Waals surface area contributed by atoms with Gasteiger partial charge >= 0.3 is 0 Å². The molecular formula is C18H20N4O2S. The van der Waals surface area contributed by atoms with Gasteiger partial charge in [0.05, 0.1) is 5.75 Å². The predicted octanol–water partition coefficient (Wildman–Crippen LogP) is 3.12. The zero-order valence-corrected chi connectivity index (χ0v) is 14.8. The number of hydrogen-bond donors (Lipinski definition) is 2. The Morgan fingerprint density at radius 3 is 2.44 bits per heavy atom. The van der Waals surface area contributed by atoms with Gasteiger partial charge in [-0.1, -0.05) is 30.8 Å². The van der Waals surface area contributed by atoms with Crippen molar-refractivity contribution in [2.24, 2.45) is 5.92 Å². The van der Waals surface area contributed by atoms with Crippen LogP contribution < -0.4 is 10.6 Å². The number of nitrogens with zero attached hydrogens (tertiary/aromatic N) is 2. The van der Waals surface area contributed by atoms with E-state index in [1.807, 2.05) is 24.3 Å². The number of rotatable bonds is 7. The molecule has 3 rings (SSSR count). The van der Waals surface area contributed by atoms with Crippen molar-refractivity contribution in [1.82, 2.24) is 10.2 Å². The average Bonchev–Trinajstić information content (AvgIpc) is 3.47. The molecule has 0 saturated heterocycles. The predicted molar refractivity (Wildman–Crippen MR) is 98.6 cm³/mol. The van der Waals surface area contributed by atoms with E-state index in [0.29, 0.717) is 10.8 Å². The Morgan fingerprint density at radius 2 is 1.84 bits per heavy atom. The lowest BCUT2D eigenvalue weighted by Gasteiger charge is -2.06. The minimum atomic E-state index is -0.0952. The number of amides is 2. The van der Waals surface area contributed by atoms with Crippen LogP contribution in [0, 0.1) is 5.92 Å². The van der Waals surface area contributed by atoms with Gasteiger partial charge in [0.15, 0.2) is 5.82 Å². The van der Waals surface area contributed by atoms with Crippen molar-refractivity contribution in [3.05, 3.63) is 42.0 Å². The highest BCUT2D eigenvalue weighted by Gasteiger charge is 2.29. The maximum atomic E-state index is 12.0. The number of hydrogen-bond acceptors (Lipinski definition) is 5. The van der Waals surface area contributed by atoms with Crippen LogP contribution in [0.5, 0.6) is 0 Å². The van der Waals surface area contributed by atoms with Crippen molar-refractivity contribution in [2.45, 2.75) is 31.2 Å². The highest BCUT2D eigenvalue weighted by Crippen LogP contribution is 2.30. The minimum Gasteiger partial charge on any atom is -0.325 e. The number of nitrogens with one attached hydrogen (secondary N) is 2. The molecule has 2 amide bonds. The summed E-state index contributed by atoms with van der Waals surface area (Å²) >= 11 is 1.30. The summed E-state index contributed by atoms with van der Waals surface area (Å²) < 4.78 is 0. The lowest BCUT2D eigenvalue weighted by molar-refractivity contribution is -0.117. The third kappa shape index (κ3) is 5.29. The number of benzene rings is 1. The summed E-state index contributed by atoms with van der Waals surface area (Å²) in [6.45, 7) is 2.09. The normalized spacial score (nSPS) is 13.3. The molecule has 2 aromatic rings. The molecule has 0 spiro atoms. The second kappa shape index (κ2) is 8.11. The van der Waals surface area contributed by atoms with Gasteiger partial charge in [0.1, 0.15) is 5.03 Å². The molecule has 0 unspecified atom stereocenters. The van der Waals surface area contributed by atoms with Crippen LogP contribution in [0.25, 0.3) is 0 Å². The van der Waals surface area contributed by atoms with E-state index in [1.54, 1.807) is 12.1 Å². The number of carbonyl (C=O) groups excluding carboxylic acids is 2. The first kappa shape index (κ1) is 17.4. The largest absolute Gasteiger partial charge is 0.325 e. The molecule has 2 N–H and O–H groups in total. The first-order valence-corrected chi connectivity index (χ1v) is 9.29. The molecule has 0 aliphatic heterocycles. The Labute approximate surface area is 150 Å². The molecule has 0 bridgehead atoms. The van der Waals surface area contributed by atoms with Gasteiger partial charge in [-0.05, 0) is 49.1 Å². The SMILES string of the molecule is CCc1ccc(NC(=O)CSc2ccc(NC(=O)C3CC3)nn2)cc1. The Kier molecular flexibility index (Phi) is 5.65. The van der Waals surface area contributed by atoms with Crippen molar-refractivity contribution in [3.63, 3.8) is 0 Å². The van der Waals surface area contributed by atoms with Gasteiger partial charge in [-0.15, -0.1) is 10.2 Å². The smallest absolute Gasteiger partial charge is 0.234 e. The summed E-state index contributed by atoms with van der Waals surface area (Å²) in [4.78, 5) is 23.6. The van der Waals surface area contributed by atoms with Crippen molar-refractivity contribution in [2.75, 3.05) is 16.4 Å². The molecule has 1 fully saturated rings. The average molecular weight is 356 g/mol. The molecule has 6 nitrogen and oxygen atoms in total. The highest BCUT2D eigenvalue weighted by atomic mass is 32.2. The summed E-state index contributed by atoms with van der Waals surface area (Å²) in [7, 11) is 0. The molecule has 25 heavy (non-hydrogen) atoms. The maximum absolute atomic E-state index is 12.0. The fraction of sp³-hybridized carbons (Fsp3) is 0.333. The third-order valence-corrected chi connectivity index (χ3v) is 4.76. The van der Waals surface area contributed by atoms with Crippen LogP contribution in [-0.2, 0) is 16.0 Å². The molecule has 1 aromatic heterocycles. The molecule has 1 aliphatic rings. The van der Waals surface area contributed by atoms with E-state index < -0.39 is 0 Å². The van der Waals surface area contributed by atoms with Crippen molar-refractivity contribution < 1.29 is 9.59 Å². The highest BCUT2D eigenvalue weighted by molar-refractivity contribution is 7.99. The van der Waals surface area contributed by atoms with E-state index in [2.05, 4.69) is 27.8 Å². The van der Waals surface area contributed by atoms with E-state index in [4.69, 9.17) is 0 Å². The van der Waals surface area contributed by atoms with Crippen molar-refractivity contribution >= 4 is 35.1 Å². The van der Waals surface area contributed by atoms with Crippen LogP contribution in [0.4, 0.5) is 11.5 Å². The summed E-state index contributed by atoms with van der Waals surface area (Å²) in [6.07, 6.45) is 2.87. The summed E-state index contributed by atoms with van der Waals surface area (Å²) in [5.41, 5.74) is 2.02. The Hall–Kier alpha value is -2.41. The summed E-state index contributed by atoms with van der Waals surface area (Å²) in [5.74, 6) is 0.732. The van der Waals surface area contributed by atoms with Gasteiger partial charge in [0, 0.05) is 11.6 Å². The molecule has 7 heteroatoms. The molecule has 130 valence electrons. The van der Waals surface area contributed by atoms with Gasteiger partial charge in [-0.25, -0.2) is 0 Å². The molecule has 0 radical (unpaired) electrons. The van der Waals surface area contributed by atoms with Gasteiger partial charge in [0.25, 0.3) is 0 Å². The van der Waals surface area contributed by atoms with Crippen molar-refractivity contribution in [1.29, 1.82) is 0 Å². The lowest BCUT2D eigenvalue weighted by Crippen LogP contribution is -2.15. The maximum Gasteiger partial charge on any atom is 0.234 e. The van der Waals surface area contributed by atoms with Gasteiger partial charge in [-0.3, -0.25) is 9.59 Å². The zero-order chi connectivity index (χ0) is 17.6. The quantitative estimate of drug-likeness (QED) is 0.745. The third-order valence-electron chi connectivity index (χ3n) is 3.84.